The predicted molar refractivity (Wildman–Crippen MR) is 48.8 cm³/mol. The van der Waals surface area contributed by atoms with Crippen molar-refractivity contribution in [1.82, 2.24) is 10.2 Å². The van der Waals surface area contributed by atoms with Crippen LogP contribution in [-0.4, -0.2) is 36.6 Å². The van der Waals surface area contributed by atoms with Gasteiger partial charge in [-0.3, -0.25) is 0 Å². The Morgan fingerprint density at radius 2 is 2.00 bits per heavy atom. The third-order valence-electron chi connectivity index (χ3n) is 2.54. The van der Waals surface area contributed by atoms with E-state index in [0.29, 0.717) is 5.54 Å². The van der Waals surface area contributed by atoms with Crippen molar-refractivity contribution in [3.05, 3.63) is 0 Å². The van der Waals surface area contributed by atoms with Crippen molar-refractivity contribution in [2.75, 3.05) is 20.1 Å². The molecule has 1 aliphatic heterocycles. The van der Waals surface area contributed by atoms with E-state index in [4.69, 9.17) is 0 Å². The molecule has 0 aromatic heterocycles. The highest BCUT2D eigenvalue weighted by atomic mass is 15.2. The van der Waals surface area contributed by atoms with Gasteiger partial charge in [0.15, 0.2) is 0 Å². The molecule has 1 saturated heterocycles. The van der Waals surface area contributed by atoms with Crippen LogP contribution in [0.4, 0.5) is 0 Å². The minimum Gasteiger partial charge on any atom is -0.306 e. The van der Waals surface area contributed by atoms with Gasteiger partial charge in [0, 0.05) is 24.7 Å². The van der Waals surface area contributed by atoms with E-state index in [1.54, 1.807) is 0 Å². The zero-order chi connectivity index (χ0) is 8.48. The molecule has 1 N–H and O–H groups in total. The first-order valence-electron chi connectivity index (χ1n) is 4.50. The molecule has 11 heavy (non-hydrogen) atoms. The van der Waals surface area contributed by atoms with Crippen LogP contribution in [0.25, 0.3) is 0 Å². The Bertz CT molecular complexity index is 126. The molecule has 1 fully saturated rings. The van der Waals surface area contributed by atoms with Crippen LogP contribution >= 0.6 is 0 Å². The number of nitrogens with one attached hydrogen (secondary N) is 1. The van der Waals surface area contributed by atoms with Gasteiger partial charge in [0.05, 0.1) is 0 Å². The zero-order valence-corrected chi connectivity index (χ0v) is 8.15. The Balaban J connectivity index is 2.21. The Morgan fingerprint density at radius 3 is 2.36 bits per heavy atom. The van der Waals surface area contributed by atoms with Crippen molar-refractivity contribution in [3.63, 3.8) is 0 Å². The molecule has 0 aromatic rings. The molecular formula is C9H20N2. The number of hydrogen-bond acceptors (Lipinski definition) is 2. The summed E-state index contributed by atoms with van der Waals surface area (Å²) in [4.78, 5) is 2.34. The summed E-state index contributed by atoms with van der Waals surface area (Å²) in [7, 11) is 2.16. The minimum absolute atomic E-state index is 0.325. The van der Waals surface area contributed by atoms with Gasteiger partial charge < -0.3 is 10.2 Å². The van der Waals surface area contributed by atoms with Crippen LogP contribution in [-0.2, 0) is 0 Å². The van der Waals surface area contributed by atoms with Crippen molar-refractivity contribution in [2.24, 2.45) is 0 Å². The van der Waals surface area contributed by atoms with Crippen molar-refractivity contribution in [1.29, 1.82) is 0 Å². The molecule has 2 nitrogen and oxygen atoms in total. The Hall–Kier alpha value is -0.0800. The lowest BCUT2D eigenvalue weighted by Gasteiger charge is -2.41. The first kappa shape index (κ1) is 9.01. The average molecular weight is 156 g/mol. The lowest BCUT2D eigenvalue weighted by atomic mass is 9.98. The molecule has 0 aliphatic carbocycles. The monoisotopic (exact) mass is 156 g/mol. The van der Waals surface area contributed by atoms with Crippen LogP contribution in [0.1, 0.15) is 27.2 Å². The molecule has 2 heteroatoms. The summed E-state index contributed by atoms with van der Waals surface area (Å²) in [5.74, 6) is 0. The molecule has 66 valence electrons. The van der Waals surface area contributed by atoms with Gasteiger partial charge in [-0.1, -0.05) is 6.92 Å². The van der Waals surface area contributed by atoms with E-state index in [-0.39, 0.29) is 0 Å². The van der Waals surface area contributed by atoms with Gasteiger partial charge >= 0.3 is 0 Å². The normalized spacial score (nSPS) is 21.8. The third-order valence-corrected chi connectivity index (χ3v) is 2.54. The molecule has 0 bridgehead atoms. The van der Waals surface area contributed by atoms with Crippen molar-refractivity contribution < 1.29 is 0 Å². The summed E-state index contributed by atoms with van der Waals surface area (Å²) in [6.45, 7) is 9.19. The molecule has 0 saturated carbocycles. The van der Waals surface area contributed by atoms with Gasteiger partial charge in [-0.25, -0.2) is 0 Å². The summed E-state index contributed by atoms with van der Waals surface area (Å²) in [6, 6.07) is 0.731. The molecule has 0 aromatic carbocycles. The zero-order valence-electron chi connectivity index (χ0n) is 8.15. The molecule has 0 radical (unpaired) electrons. The van der Waals surface area contributed by atoms with Crippen LogP contribution in [0.15, 0.2) is 0 Å². The number of likely N-dealkylation sites (N-methyl/N-ethyl adjacent to an activating group) is 1. The van der Waals surface area contributed by atoms with E-state index in [9.17, 15) is 0 Å². The van der Waals surface area contributed by atoms with Crippen molar-refractivity contribution >= 4 is 0 Å². The number of hydrogen-bond donors (Lipinski definition) is 1. The van der Waals surface area contributed by atoms with E-state index in [2.05, 4.69) is 38.0 Å². The van der Waals surface area contributed by atoms with Gasteiger partial charge in [-0.05, 0) is 27.3 Å². The summed E-state index contributed by atoms with van der Waals surface area (Å²) >= 11 is 0. The van der Waals surface area contributed by atoms with E-state index in [0.717, 1.165) is 6.04 Å². The lowest BCUT2D eigenvalue weighted by molar-refractivity contribution is 0.132. The van der Waals surface area contributed by atoms with E-state index in [1.165, 1.54) is 19.5 Å². The van der Waals surface area contributed by atoms with Crippen LogP contribution in [0.2, 0.25) is 0 Å². The van der Waals surface area contributed by atoms with Gasteiger partial charge in [-0.2, -0.15) is 0 Å². The molecule has 0 amide bonds. The number of rotatable bonds is 3. The Kier molecular flexibility index (Phi) is 2.55. The fourth-order valence-corrected chi connectivity index (χ4v) is 1.44. The summed E-state index contributed by atoms with van der Waals surface area (Å²) in [5.41, 5.74) is 0.325. The Labute approximate surface area is 70.0 Å². The average Bonchev–Trinajstić information content (AvgIpc) is 1.84. The summed E-state index contributed by atoms with van der Waals surface area (Å²) in [5, 5.41) is 3.63. The van der Waals surface area contributed by atoms with Gasteiger partial charge in [0.25, 0.3) is 0 Å². The quantitative estimate of drug-likeness (QED) is 0.658. The smallest absolute Gasteiger partial charge is 0.0327 e. The molecule has 0 unspecified atom stereocenters. The fraction of sp³-hybridized carbons (Fsp3) is 1.00. The minimum atomic E-state index is 0.325. The lowest BCUT2D eigenvalue weighted by Crippen LogP contribution is -2.61. The van der Waals surface area contributed by atoms with Crippen LogP contribution in [0.3, 0.4) is 0 Å². The largest absolute Gasteiger partial charge is 0.306 e. The van der Waals surface area contributed by atoms with Crippen molar-refractivity contribution in [2.45, 2.75) is 38.8 Å². The van der Waals surface area contributed by atoms with Crippen LogP contribution in [0.5, 0.6) is 0 Å². The fourth-order valence-electron chi connectivity index (χ4n) is 1.44. The second-order valence-electron chi connectivity index (χ2n) is 4.30. The second kappa shape index (κ2) is 3.11. The molecule has 1 heterocycles. The maximum absolute atomic E-state index is 3.63. The van der Waals surface area contributed by atoms with Gasteiger partial charge in [0.1, 0.15) is 0 Å². The second-order valence-corrected chi connectivity index (χ2v) is 4.30. The standard InChI is InChI=1S/C9H20N2/c1-5-9(2,3)10-8-6-11(4)7-8/h8,10H,5-7H2,1-4H3. The molecular weight excluding hydrogens is 136 g/mol. The maximum atomic E-state index is 3.63. The topological polar surface area (TPSA) is 15.3 Å². The van der Waals surface area contributed by atoms with E-state index in [1.807, 2.05) is 0 Å². The predicted octanol–water partition coefficient (Wildman–Crippen LogP) is 1.08. The van der Waals surface area contributed by atoms with Crippen LogP contribution in [0, 0.1) is 0 Å². The molecule has 1 rings (SSSR count). The van der Waals surface area contributed by atoms with Crippen LogP contribution < -0.4 is 5.32 Å². The first-order valence-corrected chi connectivity index (χ1v) is 4.50. The maximum Gasteiger partial charge on any atom is 0.0327 e. The van der Waals surface area contributed by atoms with E-state index >= 15 is 0 Å². The van der Waals surface area contributed by atoms with Gasteiger partial charge in [0.2, 0.25) is 0 Å². The van der Waals surface area contributed by atoms with Crippen molar-refractivity contribution in [3.8, 4) is 0 Å². The summed E-state index contributed by atoms with van der Waals surface area (Å²) < 4.78 is 0. The Morgan fingerprint density at radius 1 is 1.45 bits per heavy atom. The first-order chi connectivity index (χ1) is 5.03. The van der Waals surface area contributed by atoms with E-state index < -0.39 is 0 Å². The highest BCUT2D eigenvalue weighted by Crippen LogP contribution is 2.12. The SMILES string of the molecule is CCC(C)(C)NC1CN(C)C1. The summed E-state index contributed by atoms with van der Waals surface area (Å²) in [6.07, 6.45) is 1.20. The molecule has 1 aliphatic rings. The van der Waals surface area contributed by atoms with Gasteiger partial charge in [-0.15, -0.1) is 0 Å². The third kappa shape index (κ3) is 2.46. The highest BCUT2D eigenvalue weighted by Gasteiger charge is 2.27. The number of likely N-dealkylation sites (tertiary alicyclic amines) is 1. The molecule has 0 spiro atoms. The molecule has 0 atom stereocenters. The number of nitrogens with zero attached hydrogens (tertiary/aromatic N) is 1. The highest BCUT2D eigenvalue weighted by molar-refractivity contribution is 4.89.